The van der Waals surface area contributed by atoms with Crippen molar-refractivity contribution in [3.8, 4) is 0 Å². The van der Waals surface area contributed by atoms with Crippen LogP contribution in [-0.4, -0.2) is 14.6 Å². The fourth-order valence-corrected chi connectivity index (χ4v) is 1.96. The van der Waals surface area contributed by atoms with Crippen LogP contribution in [0.2, 0.25) is 6.04 Å². The molecule has 0 aromatic heterocycles. The molecule has 0 spiro atoms. The van der Waals surface area contributed by atoms with Crippen molar-refractivity contribution in [2.45, 2.75) is 52.5 Å². The Balaban J connectivity index is 3.43. The van der Waals surface area contributed by atoms with Crippen molar-refractivity contribution in [3.05, 3.63) is 0 Å². The van der Waals surface area contributed by atoms with Crippen LogP contribution >= 0.6 is 0 Å². The molecule has 0 aromatic carbocycles. The van der Waals surface area contributed by atoms with Gasteiger partial charge in [-0.3, -0.25) is 0 Å². The van der Waals surface area contributed by atoms with E-state index in [-0.39, 0.29) is 9.76 Å². The molecular weight excluding hydrogens is 152 g/mol. The Hall–Kier alpha value is 0.177. The maximum Gasteiger partial charge on any atom is 0.224 e. The van der Waals surface area contributed by atoms with Crippen LogP contribution in [0.25, 0.3) is 0 Å². The lowest BCUT2D eigenvalue weighted by Gasteiger charge is -2.23. The summed E-state index contributed by atoms with van der Waals surface area (Å²) in [6.07, 6.45) is 5.07. The molecule has 0 unspecified atom stereocenters. The van der Waals surface area contributed by atoms with Gasteiger partial charge in [0, 0.05) is 0 Å². The predicted molar refractivity (Wildman–Crippen MR) is 50.7 cm³/mol. The molecule has 0 heterocycles. The summed E-state index contributed by atoms with van der Waals surface area (Å²) in [4.78, 5) is 8.68. The molecule has 0 atom stereocenters. The van der Waals surface area contributed by atoms with E-state index in [4.69, 9.17) is 4.80 Å². The van der Waals surface area contributed by atoms with Crippen LogP contribution in [0.4, 0.5) is 0 Å². The first-order valence-electron chi connectivity index (χ1n) is 4.49. The predicted octanol–water partition coefficient (Wildman–Crippen LogP) is 2.62. The number of hydrogen-bond donors (Lipinski definition) is 1. The van der Waals surface area contributed by atoms with Crippen molar-refractivity contribution in [3.63, 3.8) is 0 Å². The van der Waals surface area contributed by atoms with E-state index in [1.54, 1.807) is 0 Å². The zero-order chi connectivity index (χ0) is 8.74. The van der Waals surface area contributed by atoms with Gasteiger partial charge < -0.3 is 4.80 Å². The van der Waals surface area contributed by atoms with Crippen molar-refractivity contribution in [1.29, 1.82) is 0 Å². The summed E-state index contributed by atoms with van der Waals surface area (Å²) in [5, 5.41) is 0. The highest BCUT2D eigenvalue weighted by Gasteiger charge is 2.15. The van der Waals surface area contributed by atoms with Gasteiger partial charge >= 0.3 is 0 Å². The van der Waals surface area contributed by atoms with E-state index in [0.717, 1.165) is 6.04 Å². The molecule has 0 aliphatic heterocycles. The first-order chi connectivity index (χ1) is 5.12. The smallest absolute Gasteiger partial charge is 0.224 e. The standard InChI is InChI=1S/C9H20OSi/c1-4-5-6-9(2,3)7-8-11-10/h10H,4-8H2,1-3H3. The first kappa shape index (κ1) is 11.2. The van der Waals surface area contributed by atoms with Crippen LogP contribution in [0.15, 0.2) is 0 Å². The average Bonchev–Trinajstić information content (AvgIpc) is 1.97. The minimum Gasteiger partial charge on any atom is -0.432 e. The molecule has 2 radical (unpaired) electrons. The van der Waals surface area contributed by atoms with Crippen molar-refractivity contribution >= 4 is 9.76 Å². The molecule has 11 heavy (non-hydrogen) atoms. The third-order valence-electron chi connectivity index (χ3n) is 2.12. The molecule has 1 N–H and O–H groups in total. The number of unbranched alkanes of at least 4 members (excludes halogenated alkanes) is 1. The van der Waals surface area contributed by atoms with E-state index in [0.29, 0.717) is 5.41 Å². The normalized spacial score (nSPS) is 12.0. The third-order valence-corrected chi connectivity index (χ3v) is 2.59. The van der Waals surface area contributed by atoms with E-state index < -0.39 is 0 Å². The van der Waals surface area contributed by atoms with Gasteiger partial charge in [-0.25, -0.2) is 0 Å². The Kier molecular flexibility index (Phi) is 5.87. The molecule has 0 saturated carbocycles. The molecule has 0 aliphatic carbocycles. The molecule has 0 bridgehead atoms. The quantitative estimate of drug-likeness (QED) is 0.611. The van der Waals surface area contributed by atoms with Gasteiger partial charge in [0.25, 0.3) is 0 Å². The zero-order valence-electron chi connectivity index (χ0n) is 7.98. The summed E-state index contributed by atoms with van der Waals surface area (Å²) in [6.45, 7) is 6.81. The second kappa shape index (κ2) is 5.78. The monoisotopic (exact) mass is 172 g/mol. The summed E-state index contributed by atoms with van der Waals surface area (Å²) in [5.74, 6) is 0. The van der Waals surface area contributed by atoms with Crippen LogP contribution in [0, 0.1) is 5.41 Å². The first-order valence-corrected chi connectivity index (χ1v) is 5.65. The molecule has 66 valence electrons. The second-order valence-electron chi connectivity index (χ2n) is 3.93. The maximum atomic E-state index is 8.68. The maximum absolute atomic E-state index is 8.68. The summed E-state index contributed by atoms with van der Waals surface area (Å²) in [7, 11) is 0.136. The lowest BCUT2D eigenvalue weighted by molar-refractivity contribution is 0.309. The lowest BCUT2D eigenvalue weighted by atomic mass is 9.85. The van der Waals surface area contributed by atoms with Crippen LogP contribution < -0.4 is 0 Å². The molecule has 0 amide bonds. The minimum atomic E-state index is 0.136. The Morgan fingerprint density at radius 2 is 1.91 bits per heavy atom. The van der Waals surface area contributed by atoms with Crippen LogP contribution in [-0.2, 0) is 0 Å². The van der Waals surface area contributed by atoms with Crippen molar-refractivity contribution in [1.82, 2.24) is 0 Å². The van der Waals surface area contributed by atoms with Gasteiger partial charge in [-0.15, -0.1) is 0 Å². The molecule has 0 fully saturated rings. The van der Waals surface area contributed by atoms with E-state index in [2.05, 4.69) is 20.8 Å². The highest BCUT2D eigenvalue weighted by Crippen LogP contribution is 2.28. The van der Waals surface area contributed by atoms with Gasteiger partial charge in [0.1, 0.15) is 0 Å². The van der Waals surface area contributed by atoms with E-state index in [1.165, 1.54) is 25.7 Å². The molecule has 0 saturated heterocycles. The minimum absolute atomic E-state index is 0.136. The van der Waals surface area contributed by atoms with Crippen molar-refractivity contribution in [2.75, 3.05) is 0 Å². The number of rotatable bonds is 6. The molecule has 0 rings (SSSR count). The van der Waals surface area contributed by atoms with Crippen LogP contribution in [0.1, 0.15) is 46.5 Å². The summed E-state index contributed by atoms with van der Waals surface area (Å²) in [6, 6.07) is 0.983. The fourth-order valence-electron chi connectivity index (χ4n) is 1.17. The molecule has 2 heteroatoms. The van der Waals surface area contributed by atoms with E-state index in [9.17, 15) is 0 Å². The van der Waals surface area contributed by atoms with Crippen molar-refractivity contribution < 1.29 is 4.80 Å². The van der Waals surface area contributed by atoms with Gasteiger partial charge in [-0.2, -0.15) is 0 Å². The highest BCUT2D eigenvalue weighted by atomic mass is 28.2. The molecule has 0 aromatic rings. The summed E-state index contributed by atoms with van der Waals surface area (Å²) >= 11 is 0. The van der Waals surface area contributed by atoms with Gasteiger partial charge in [-0.05, 0) is 24.3 Å². The van der Waals surface area contributed by atoms with E-state index >= 15 is 0 Å². The fraction of sp³-hybridized carbons (Fsp3) is 1.00. The van der Waals surface area contributed by atoms with Crippen LogP contribution in [0.5, 0.6) is 0 Å². The Morgan fingerprint density at radius 1 is 1.27 bits per heavy atom. The lowest BCUT2D eigenvalue weighted by Crippen LogP contribution is -2.11. The van der Waals surface area contributed by atoms with Gasteiger partial charge in [0.05, 0.1) is 0 Å². The second-order valence-corrected chi connectivity index (χ2v) is 4.74. The van der Waals surface area contributed by atoms with Crippen molar-refractivity contribution in [2.24, 2.45) is 5.41 Å². The molecule has 0 aliphatic rings. The Morgan fingerprint density at radius 3 is 2.36 bits per heavy atom. The summed E-state index contributed by atoms with van der Waals surface area (Å²) in [5.41, 5.74) is 0.450. The van der Waals surface area contributed by atoms with Gasteiger partial charge in [0.2, 0.25) is 9.76 Å². The topological polar surface area (TPSA) is 20.2 Å². The van der Waals surface area contributed by atoms with Gasteiger partial charge in [-0.1, -0.05) is 33.6 Å². The van der Waals surface area contributed by atoms with Crippen LogP contribution in [0.3, 0.4) is 0 Å². The largest absolute Gasteiger partial charge is 0.432 e. The summed E-state index contributed by atoms with van der Waals surface area (Å²) < 4.78 is 0. The number of hydrogen-bond acceptors (Lipinski definition) is 1. The van der Waals surface area contributed by atoms with E-state index in [1.807, 2.05) is 0 Å². The Labute approximate surface area is 73.2 Å². The van der Waals surface area contributed by atoms with Gasteiger partial charge in [0.15, 0.2) is 0 Å². The zero-order valence-corrected chi connectivity index (χ0v) is 8.98. The Bertz CT molecular complexity index is 81.6. The average molecular weight is 172 g/mol. The SMILES string of the molecule is CCCCC(C)(C)CC[Si]O. The molecular formula is C9H20OSi. The third kappa shape index (κ3) is 6.57. The highest BCUT2D eigenvalue weighted by molar-refractivity contribution is 6.25. The molecule has 1 nitrogen and oxygen atoms in total.